The Bertz CT molecular complexity index is 953. The smallest absolute Gasteiger partial charge is 0.231 e. The Morgan fingerprint density at radius 2 is 1.67 bits per heavy atom. The second kappa shape index (κ2) is 9.09. The number of methoxy groups -OCH3 is 3. The summed E-state index contributed by atoms with van der Waals surface area (Å²) >= 11 is 0. The Kier molecular flexibility index (Phi) is 6.52. The lowest BCUT2D eigenvalue weighted by atomic mass is 10.0. The first kappa shape index (κ1) is 21.5. The minimum Gasteiger partial charge on any atom is -0.872 e. The number of rotatable bonds is 8. The molecular formula is C23H27NO6. The zero-order valence-corrected chi connectivity index (χ0v) is 18.0. The Morgan fingerprint density at radius 3 is 2.20 bits per heavy atom. The van der Waals surface area contributed by atoms with Crippen LogP contribution in [0.4, 0.5) is 0 Å². The van der Waals surface area contributed by atoms with Crippen molar-refractivity contribution in [2.24, 2.45) is 0 Å². The predicted octanol–water partition coefficient (Wildman–Crippen LogP) is 1.83. The highest BCUT2D eigenvalue weighted by Gasteiger charge is 2.31. The fourth-order valence-electron chi connectivity index (χ4n) is 3.54. The molecule has 2 aromatic rings. The molecule has 0 aliphatic carbocycles. The molecule has 1 aliphatic heterocycles. The number of Topliss-reactive ketones (excluding diaryl/α,β-unsaturated/α-hetero) is 1. The van der Waals surface area contributed by atoms with Crippen LogP contribution >= 0.6 is 0 Å². The van der Waals surface area contributed by atoms with Crippen LogP contribution < -0.4 is 29.0 Å². The lowest BCUT2D eigenvalue weighted by Gasteiger charge is -2.21. The minimum absolute atomic E-state index is 0.116. The van der Waals surface area contributed by atoms with E-state index in [1.807, 2.05) is 0 Å². The molecule has 2 aromatic carbocycles. The van der Waals surface area contributed by atoms with Crippen LogP contribution in [0.25, 0.3) is 6.08 Å². The quantitative estimate of drug-likeness (QED) is 0.665. The normalized spacial score (nSPS) is 14.1. The molecule has 1 aliphatic rings. The van der Waals surface area contributed by atoms with Crippen molar-refractivity contribution in [2.45, 2.75) is 20.4 Å². The number of carbonyl (C=O) groups excluding carboxylic acids is 1. The summed E-state index contributed by atoms with van der Waals surface area (Å²) in [6, 6.07) is 6.44. The predicted molar refractivity (Wildman–Crippen MR) is 111 cm³/mol. The number of nitrogens with one attached hydrogen (secondary N) is 1. The van der Waals surface area contributed by atoms with Gasteiger partial charge in [-0.3, -0.25) is 4.79 Å². The topological polar surface area (TPSA) is 81.5 Å². The summed E-state index contributed by atoms with van der Waals surface area (Å²) in [4.78, 5) is 14.2. The second-order valence-electron chi connectivity index (χ2n) is 6.95. The summed E-state index contributed by atoms with van der Waals surface area (Å²) < 4.78 is 22.0. The number of allylic oxidation sites excluding steroid dienone is 1. The van der Waals surface area contributed by atoms with E-state index in [0.717, 1.165) is 13.1 Å². The number of carbonyl (C=O) groups is 1. The van der Waals surface area contributed by atoms with Gasteiger partial charge in [-0.05, 0) is 43.7 Å². The molecule has 0 saturated heterocycles. The molecule has 0 unspecified atom stereocenters. The van der Waals surface area contributed by atoms with Gasteiger partial charge < -0.3 is 29.0 Å². The number of ketones is 1. The maximum Gasteiger partial charge on any atom is 0.231 e. The number of benzene rings is 2. The first-order valence-electron chi connectivity index (χ1n) is 9.87. The highest BCUT2D eigenvalue weighted by atomic mass is 16.5. The van der Waals surface area contributed by atoms with E-state index in [-0.39, 0.29) is 17.3 Å². The summed E-state index contributed by atoms with van der Waals surface area (Å²) in [5.74, 6) is 1.55. The Morgan fingerprint density at radius 1 is 1.03 bits per heavy atom. The molecule has 0 radical (unpaired) electrons. The lowest BCUT2D eigenvalue weighted by Crippen LogP contribution is -3.10. The summed E-state index contributed by atoms with van der Waals surface area (Å²) in [5, 5.41) is 12.5. The largest absolute Gasteiger partial charge is 0.872 e. The Hall–Kier alpha value is -3.19. The van der Waals surface area contributed by atoms with E-state index in [1.54, 1.807) is 18.2 Å². The van der Waals surface area contributed by atoms with Crippen molar-refractivity contribution in [3.8, 4) is 28.7 Å². The molecule has 7 nitrogen and oxygen atoms in total. The molecule has 0 bridgehead atoms. The third-order valence-electron chi connectivity index (χ3n) is 5.31. The molecule has 160 valence electrons. The van der Waals surface area contributed by atoms with Gasteiger partial charge >= 0.3 is 0 Å². The summed E-state index contributed by atoms with van der Waals surface area (Å²) in [5.41, 5.74) is 1.60. The van der Waals surface area contributed by atoms with Crippen LogP contribution in [0.2, 0.25) is 0 Å². The highest BCUT2D eigenvalue weighted by molar-refractivity contribution is 6.15. The third kappa shape index (κ3) is 3.93. The van der Waals surface area contributed by atoms with Gasteiger partial charge in [0, 0.05) is 5.56 Å². The summed E-state index contributed by atoms with van der Waals surface area (Å²) in [7, 11) is 4.58. The number of ether oxygens (including phenoxy) is 4. The zero-order valence-electron chi connectivity index (χ0n) is 18.0. The molecule has 7 heteroatoms. The molecule has 0 amide bonds. The Balaban J connectivity index is 2.01. The second-order valence-corrected chi connectivity index (χ2v) is 6.95. The van der Waals surface area contributed by atoms with Gasteiger partial charge in [0.25, 0.3) is 0 Å². The molecule has 0 aromatic heterocycles. The van der Waals surface area contributed by atoms with Crippen LogP contribution in [0.1, 0.15) is 35.3 Å². The molecule has 1 N–H and O–H groups in total. The zero-order chi connectivity index (χ0) is 21.8. The van der Waals surface area contributed by atoms with E-state index in [1.165, 1.54) is 38.4 Å². The van der Waals surface area contributed by atoms with Gasteiger partial charge in [-0.2, -0.15) is 0 Å². The third-order valence-corrected chi connectivity index (χ3v) is 5.31. The molecule has 3 rings (SSSR count). The van der Waals surface area contributed by atoms with Crippen LogP contribution in [0, 0.1) is 0 Å². The van der Waals surface area contributed by atoms with Gasteiger partial charge in [-0.25, -0.2) is 0 Å². The van der Waals surface area contributed by atoms with E-state index in [9.17, 15) is 9.90 Å². The van der Waals surface area contributed by atoms with E-state index in [4.69, 9.17) is 18.9 Å². The first-order chi connectivity index (χ1) is 14.5. The maximum absolute atomic E-state index is 12.9. The van der Waals surface area contributed by atoms with Crippen LogP contribution in [0.15, 0.2) is 30.0 Å². The molecular weight excluding hydrogens is 386 g/mol. The molecule has 0 fully saturated rings. The van der Waals surface area contributed by atoms with Crippen molar-refractivity contribution in [3.05, 3.63) is 46.7 Å². The molecule has 0 atom stereocenters. The maximum atomic E-state index is 12.9. The van der Waals surface area contributed by atoms with Crippen molar-refractivity contribution >= 4 is 11.9 Å². The van der Waals surface area contributed by atoms with E-state index < -0.39 is 0 Å². The summed E-state index contributed by atoms with van der Waals surface area (Å²) in [6.07, 6.45) is 1.62. The summed E-state index contributed by atoms with van der Waals surface area (Å²) in [6.45, 7) is 6.39. The molecule has 0 saturated carbocycles. The first-order valence-corrected chi connectivity index (χ1v) is 9.87. The molecule has 1 heterocycles. The monoisotopic (exact) mass is 413 g/mol. The highest BCUT2D eigenvalue weighted by Crippen LogP contribution is 2.41. The van der Waals surface area contributed by atoms with E-state index in [0.29, 0.717) is 46.2 Å². The Labute approximate surface area is 176 Å². The number of hydrogen-bond acceptors (Lipinski definition) is 6. The molecule has 30 heavy (non-hydrogen) atoms. The standard InChI is InChI=1S/C23H27NO6/c1-6-24(7-2)13-16-17(25)9-8-15-21(26)18(30-22(15)16)10-14-11-19(27-3)23(29-5)20(12-14)28-4/h8-12,25H,6-7,13H2,1-5H3. The van der Waals surface area contributed by atoms with Gasteiger partial charge in [-0.1, -0.05) is 11.8 Å². The van der Waals surface area contributed by atoms with E-state index >= 15 is 0 Å². The van der Waals surface area contributed by atoms with Gasteiger partial charge in [0.15, 0.2) is 17.3 Å². The van der Waals surface area contributed by atoms with Crippen molar-refractivity contribution in [2.75, 3.05) is 34.4 Å². The van der Waals surface area contributed by atoms with Crippen LogP contribution in [-0.2, 0) is 6.54 Å². The number of hydrogen-bond donors (Lipinski definition) is 1. The number of fused-ring (bicyclic) bond motifs is 1. The van der Waals surface area contributed by atoms with Crippen molar-refractivity contribution in [1.29, 1.82) is 0 Å². The minimum atomic E-state index is -0.255. The van der Waals surface area contributed by atoms with Gasteiger partial charge in [0.2, 0.25) is 11.5 Å². The van der Waals surface area contributed by atoms with Gasteiger partial charge in [0.1, 0.15) is 12.3 Å². The van der Waals surface area contributed by atoms with Gasteiger partial charge in [0.05, 0.1) is 40.0 Å². The van der Waals surface area contributed by atoms with Crippen molar-refractivity contribution < 1.29 is 33.7 Å². The van der Waals surface area contributed by atoms with Crippen molar-refractivity contribution in [3.63, 3.8) is 0 Å². The fourth-order valence-corrected chi connectivity index (χ4v) is 3.54. The van der Waals surface area contributed by atoms with Crippen LogP contribution in [0.3, 0.4) is 0 Å². The fraction of sp³-hybridized carbons (Fsp3) is 0.348. The van der Waals surface area contributed by atoms with E-state index in [2.05, 4.69) is 13.8 Å². The SMILES string of the molecule is CC[NH+](CC)Cc1c([O-])ccc2c1OC(=Cc1cc(OC)c(OC)c(OC)c1)C2=O. The lowest BCUT2D eigenvalue weighted by molar-refractivity contribution is -0.910. The van der Waals surface area contributed by atoms with Crippen LogP contribution in [-0.4, -0.2) is 40.2 Å². The average molecular weight is 413 g/mol. The van der Waals surface area contributed by atoms with Crippen LogP contribution in [0.5, 0.6) is 28.7 Å². The molecule has 0 spiro atoms. The van der Waals surface area contributed by atoms with Crippen molar-refractivity contribution in [1.82, 2.24) is 0 Å². The number of quaternary nitrogens is 1. The van der Waals surface area contributed by atoms with Gasteiger partial charge in [-0.15, -0.1) is 0 Å². The average Bonchev–Trinajstić information content (AvgIpc) is 3.07.